The Balaban J connectivity index is 2.15. The van der Waals surface area contributed by atoms with Crippen molar-refractivity contribution >= 4 is 35.3 Å². The molecule has 2 amide bonds. The highest BCUT2D eigenvalue weighted by atomic mass is 35.5. The quantitative estimate of drug-likeness (QED) is 0.631. The first kappa shape index (κ1) is 14.5. The van der Waals surface area contributed by atoms with E-state index in [0.29, 0.717) is 21.8 Å². The molecule has 1 atom stereocenters. The van der Waals surface area contributed by atoms with E-state index in [1.165, 1.54) is 4.90 Å². The van der Waals surface area contributed by atoms with Gasteiger partial charge in [-0.2, -0.15) is 0 Å². The lowest BCUT2D eigenvalue weighted by Crippen LogP contribution is -2.45. The molecule has 1 aliphatic heterocycles. The van der Waals surface area contributed by atoms with Gasteiger partial charge in [-0.1, -0.05) is 29.8 Å². The monoisotopic (exact) mass is 312 g/mol. The average molecular weight is 313 g/mol. The van der Waals surface area contributed by atoms with Crippen LogP contribution in [0.4, 0.5) is 5.69 Å². The highest BCUT2D eigenvalue weighted by molar-refractivity contribution is 6.31. The molecule has 0 N–H and O–H groups in total. The van der Waals surface area contributed by atoms with Gasteiger partial charge in [0.1, 0.15) is 0 Å². The molecule has 0 saturated carbocycles. The van der Waals surface area contributed by atoms with E-state index in [1.54, 1.807) is 55.7 Å². The lowest BCUT2D eigenvalue weighted by atomic mass is 9.89. The molecule has 2 aromatic rings. The van der Waals surface area contributed by atoms with Crippen LogP contribution in [0.25, 0.3) is 0 Å². The Morgan fingerprint density at radius 2 is 1.77 bits per heavy atom. The van der Waals surface area contributed by atoms with Crippen molar-refractivity contribution in [2.45, 2.75) is 5.92 Å². The first-order valence-electron chi connectivity index (χ1n) is 6.78. The zero-order chi connectivity index (χ0) is 15.7. The number of aliphatic imine (C=N–C) groups is 1. The van der Waals surface area contributed by atoms with Gasteiger partial charge in [0.05, 0.1) is 11.6 Å². The molecule has 5 heteroatoms. The summed E-state index contributed by atoms with van der Waals surface area (Å²) in [5, 5.41) is 0.549. The van der Waals surface area contributed by atoms with Gasteiger partial charge in [0.15, 0.2) is 0 Å². The molecule has 4 nitrogen and oxygen atoms in total. The van der Waals surface area contributed by atoms with Crippen LogP contribution in [-0.2, 0) is 4.79 Å². The Bertz CT molecular complexity index is 768. The van der Waals surface area contributed by atoms with Gasteiger partial charge < -0.3 is 0 Å². The van der Waals surface area contributed by atoms with Gasteiger partial charge >= 0.3 is 0 Å². The summed E-state index contributed by atoms with van der Waals surface area (Å²) in [7, 11) is 1.61. The Morgan fingerprint density at radius 1 is 1.09 bits per heavy atom. The van der Waals surface area contributed by atoms with Gasteiger partial charge in [0.25, 0.3) is 5.91 Å². The summed E-state index contributed by atoms with van der Waals surface area (Å²) < 4.78 is 0. The molecule has 0 aliphatic carbocycles. The summed E-state index contributed by atoms with van der Waals surface area (Å²) >= 11 is 5.87. The van der Waals surface area contributed by atoms with Gasteiger partial charge in [-0.15, -0.1) is 0 Å². The second-order valence-electron chi connectivity index (χ2n) is 4.93. The second kappa shape index (κ2) is 5.73. The average Bonchev–Trinajstić information content (AvgIpc) is 2.53. The minimum atomic E-state index is -0.561. The molecule has 2 aromatic carbocycles. The maximum absolute atomic E-state index is 12.8. The first-order valence-corrected chi connectivity index (χ1v) is 7.16. The molecule has 0 spiro atoms. The number of rotatable bonds is 2. The molecule has 22 heavy (non-hydrogen) atoms. The molecule has 0 saturated heterocycles. The van der Waals surface area contributed by atoms with Crippen LogP contribution < -0.4 is 4.90 Å². The highest BCUT2D eigenvalue weighted by Gasteiger charge is 2.38. The number of anilines is 1. The van der Waals surface area contributed by atoms with E-state index in [0.717, 1.165) is 0 Å². The summed E-state index contributed by atoms with van der Waals surface area (Å²) in [6.45, 7) is 0. The number of benzene rings is 2. The standard InChI is InChI=1S/C17H13ClN2O2/c1-19-10-15-13-4-2-3-5-14(13)16(21)20(17(15)22)12-8-6-11(18)7-9-12/h2-10,15H,1H3. The van der Waals surface area contributed by atoms with Crippen LogP contribution in [0.15, 0.2) is 53.5 Å². The van der Waals surface area contributed by atoms with Gasteiger partial charge in [0, 0.05) is 23.8 Å². The SMILES string of the molecule is CN=CC1C(=O)N(c2ccc(Cl)cc2)C(=O)c2ccccc21. The van der Waals surface area contributed by atoms with Gasteiger partial charge in [0.2, 0.25) is 5.91 Å². The smallest absolute Gasteiger partial charge is 0.265 e. The summed E-state index contributed by atoms with van der Waals surface area (Å²) in [6, 6.07) is 13.7. The van der Waals surface area contributed by atoms with E-state index in [9.17, 15) is 9.59 Å². The predicted molar refractivity (Wildman–Crippen MR) is 86.9 cm³/mol. The molecule has 0 radical (unpaired) electrons. The van der Waals surface area contributed by atoms with Gasteiger partial charge in [-0.3, -0.25) is 14.6 Å². The number of imide groups is 1. The molecule has 3 rings (SSSR count). The third-order valence-corrected chi connectivity index (χ3v) is 3.85. The Labute approximate surface area is 133 Å². The van der Waals surface area contributed by atoms with Crippen molar-refractivity contribution in [2.24, 2.45) is 4.99 Å². The molecule has 1 unspecified atom stereocenters. The van der Waals surface area contributed by atoms with E-state index < -0.39 is 5.92 Å². The van der Waals surface area contributed by atoms with Crippen molar-refractivity contribution < 1.29 is 9.59 Å². The first-order chi connectivity index (χ1) is 10.6. The summed E-state index contributed by atoms with van der Waals surface area (Å²) in [6.07, 6.45) is 1.57. The second-order valence-corrected chi connectivity index (χ2v) is 5.36. The molecular weight excluding hydrogens is 300 g/mol. The number of carbonyl (C=O) groups excluding carboxylic acids is 2. The number of amides is 2. The third-order valence-electron chi connectivity index (χ3n) is 3.60. The van der Waals surface area contributed by atoms with Crippen molar-refractivity contribution in [1.29, 1.82) is 0 Å². The lowest BCUT2D eigenvalue weighted by Gasteiger charge is -2.30. The fourth-order valence-electron chi connectivity index (χ4n) is 2.58. The van der Waals surface area contributed by atoms with Crippen LogP contribution in [0, 0.1) is 0 Å². The molecule has 0 bridgehead atoms. The summed E-state index contributed by atoms with van der Waals surface area (Å²) in [4.78, 5) is 30.6. The van der Waals surface area contributed by atoms with Gasteiger partial charge in [-0.05, 0) is 35.9 Å². The van der Waals surface area contributed by atoms with E-state index >= 15 is 0 Å². The van der Waals surface area contributed by atoms with E-state index in [-0.39, 0.29) is 11.8 Å². The molecule has 110 valence electrons. The summed E-state index contributed by atoms with van der Waals surface area (Å²) in [5.74, 6) is -1.20. The van der Waals surface area contributed by atoms with E-state index in [4.69, 9.17) is 11.6 Å². The number of nitrogens with zero attached hydrogens (tertiary/aromatic N) is 2. The van der Waals surface area contributed by atoms with Crippen LogP contribution in [0.2, 0.25) is 5.02 Å². The topological polar surface area (TPSA) is 49.7 Å². The Hall–Kier alpha value is -2.46. The third kappa shape index (κ3) is 2.31. The van der Waals surface area contributed by atoms with Crippen molar-refractivity contribution in [3.8, 4) is 0 Å². The lowest BCUT2D eigenvalue weighted by molar-refractivity contribution is -0.118. The van der Waals surface area contributed by atoms with Crippen LogP contribution in [0.3, 0.4) is 0 Å². The van der Waals surface area contributed by atoms with Crippen LogP contribution in [-0.4, -0.2) is 25.1 Å². The molecular formula is C17H13ClN2O2. The normalized spacial score (nSPS) is 17.9. The van der Waals surface area contributed by atoms with E-state index in [1.807, 2.05) is 6.07 Å². The Kier molecular flexibility index (Phi) is 3.77. The predicted octanol–water partition coefficient (Wildman–Crippen LogP) is 3.31. The van der Waals surface area contributed by atoms with Crippen LogP contribution >= 0.6 is 11.6 Å². The largest absolute Gasteiger partial charge is 0.300 e. The van der Waals surface area contributed by atoms with Crippen molar-refractivity contribution in [3.05, 3.63) is 64.7 Å². The van der Waals surface area contributed by atoms with Gasteiger partial charge in [-0.25, -0.2) is 4.90 Å². The molecule has 1 heterocycles. The van der Waals surface area contributed by atoms with Crippen molar-refractivity contribution in [2.75, 3.05) is 11.9 Å². The number of hydrogen-bond donors (Lipinski definition) is 0. The zero-order valence-electron chi connectivity index (χ0n) is 11.9. The minimum absolute atomic E-state index is 0.309. The number of carbonyl (C=O) groups is 2. The molecule has 0 fully saturated rings. The van der Waals surface area contributed by atoms with E-state index in [2.05, 4.69) is 4.99 Å². The van der Waals surface area contributed by atoms with Crippen molar-refractivity contribution in [3.63, 3.8) is 0 Å². The maximum Gasteiger partial charge on any atom is 0.265 e. The number of fused-ring (bicyclic) bond motifs is 1. The zero-order valence-corrected chi connectivity index (χ0v) is 12.6. The fraction of sp³-hybridized carbons (Fsp3) is 0.118. The number of hydrogen-bond acceptors (Lipinski definition) is 3. The highest BCUT2D eigenvalue weighted by Crippen LogP contribution is 2.32. The van der Waals surface area contributed by atoms with Crippen molar-refractivity contribution in [1.82, 2.24) is 0 Å². The fourth-order valence-corrected chi connectivity index (χ4v) is 2.71. The minimum Gasteiger partial charge on any atom is -0.300 e. The summed E-state index contributed by atoms with van der Waals surface area (Å²) in [5.41, 5.74) is 1.71. The van der Waals surface area contributed by atoms with Crippen LogP contribution in [0.1, 0.15) is 21.8 Å². The molecule has 0 aromatic heterocycles. The van der Waals surface area contributed by atoms with Crippen LogP contribution in [0.5, 0.6) is 0 Å². The Morgan fingerprint density at radius 3 is 2.45 bits per heavy atom. The molecule has 1 aliphatic rings. The maximum atomic E-state index is 12.8. The number of halogens is 1.